The van der Waals surface area contributed by atoms with E-state index in [1.165, 1.54) is 12.3 Å². The normalized spacial score (nSPS) is 11.4. The first kappa shape index (κ1) is 16.9. The molecule has 0 aliphatic rings. The summed E-state index contributed by atoms with van der Waals surface area (Å²) in [6.45, 7) is 0. The van der Waals surface area contributed by atoms with Crippen LogP contribution in [-0.4, -0.2) is 9.78 Å². The van der Waals surface area contributed by atoms with Crippen molar-refractivity contribution in [1.29, 1.82) is 10.5 Å². The number of nitriles is 2. The lowest BCUT2D eigenvalue weighted by Gasteiger charge is -2.12. The van der Waals surface area contributed by atoms with Gasteiger partial charge in [-0.05, 0) is 18.2 Å². The van der Waals surface area contributed by atoms with Crippen LogP contribution in [0.3, 0.4) is 0 Å². The van der Waals surface area contributed by atoms with E-state index in [2.05, 4.69) is 5.10 Å². The third kappa shape index (κ3) is 3.48. The molecule has 0 fully saturated rings. The Labute approximate surface area is 138 Å². The highest BCUT2D eigenvalue weighted by molar-refractivity contribution is 6.37. The van der Waals surface area contributed by atoms with Gasteiger partial charge in [0, 0.05) is 17.8 Å². The van der Waals surface area contributed by atoms with E-state index in [1.807, 2.05) is 6.07 Å². The maximum absolute atomic E-state index is 12.7. The van der Waals surface area contributed by atoms with Crippen molar-refractivity contribution in [3.63, 3.8) is 0 Å². The summed E-state index contributed by atoms with van der Waals surface area (Å²) in [6.07, 6.45) is -0.771. The van der Waals surface area contributed by atoms with E-state index in [1.54, 1.807) is 6.07 Å². The van der Waals surface area contributed by atoms with Gasteiger partial charge in [0.1, 0.15) is 11.8 Å². The Kier molecular flexibility index (Phi) is 4.65. The van der Waals surface area contributed by atoms with Gasteiger partial charge in [-0.1, -0.05) is 23.2 Å². The zero-order valence-corrected chi connectivity index (χ0v) is 12.6. The maximum Gasteiger partial charge on any atom is 0.416 e. The van der Waals surface area contributed by atoms with Crippen LogP contribution in [-0.2, 0) is 6.18 Å². The lowest BCUT2D eigenvalue weighted by Crippen LogP contribution is -2.07. The Balaban J connectivity index is 2.60. The molecule has 116 valence electrons. The average Bonchev–Trinajstić information content (AvgIpc) is 2.86. The summed E-state index contributed by atoms with van der Waals surface area (Å²) in [5, 5.41) is 20.9. The number of rotatable bonds is 2. The molecule has 1 heterocycles. The summed E-state index contributed by atoms with van der Waals surface area (Å²) in [7, 11) is 0. The highest BCUT2D eigenvalue weighted by Crippen LogP contribution is 2.37. The van der Waals surface area contributed by atoms with Crippen LogP contribution < -0.4 is 0 Å². The van der Waals surface area contributed by atoms with Crippen molar-refractivity contribution >= 4 is 29.3 Å². The zero-order valence-electron chi connectivity index (χ0n) is 11.1. The molecule has 2 rings (SSSR count). The minimum atomic E-state index is -4.59. The fraction of sp³-hybridized carbons (Fsp3) is 0.0714. The van der Waals surface area contributed by atoms with E-state index in [4.69, 9.17) is 33.7 Å². The van der Waals surface area contributed by atoms with Gasteiger partial charge in [-0.15, -0.1) is 0 Å². The monoisotopic (exact) mass is 356 g/mol. The smallest absolute Gasteiger partial charge is 0.236 e. The van der Waals surface area contributed by atoms with Crippen LogP contribution in [0.1, 0.15) is 16.8 Å². The molecule has 23 heavy (non-hydrogen) atoms. The first-order valence-corrected chi connectivity index (χ1v) is 6.66. The Morgan fingerprint density at radius 3 is 2.26 bits per heavy atom. The summed E-state index contributed by atoms with van der Waals surface area (Å²) < 4.78 is 39.3. The molecule has 0 saturated carbocycles. The number of benzene rings is 1. The highest BCUT2D eigenvalue weighted by Gasteiger charge is 2.32. The lowest BCUT2D eigenvalue weighted by atomic mass is 10.2. The number of halogens is 5. The molecule has 1 aromatic carbocycles. The first-order chi connectivity index (χ1) is 10.8. The van der Waals surface area contributed by atoms with E-state index >= 15 is 0 Å². The van der Waals surface area contributed by atoms with Crippen molar-refractivity contribution in [2.45, 2.75) is 6.18 Å². The zero-order chi connectivity index (χ0) is 17.2. The van der Waals surface area contributed by atoms with Crippen LogP contribution in [0.25, 0.3) is 11.8 Å². The fourth-order valence-electron chi connectivity index (χ4n) is 1.79. The number of alkyl halides is 3. The Morgan fingerprint density at radius 2 is 1.78 bits per heavy atom. The van der Waals surface area contributed by atoms with Crippen molar-refractivity contribution in [2.75, 3.05) is 0 Å². The highest BCUT2D eigenvalue weighted by atomic mass is 35.5. The van der Waals surface area contributed by atoms with Crippen LogP contribution >= 0.6 is 23.2 Å². The quantitative estimate of drug-likeness (QED) is 0.738. The number of hydrogen-bond acceptors (Lipinski definition) is 3. The molecule has 0 amide bonds. The molecule has 0 aliphatic carbocycles. The van der Waals surface area contributed by atoms with Crippen LogP contribution in [0.2, 0.25) is 10.0 Å². The summed E-state index contributed by atoms with van der Waals surface area (Å²) >= 11 is 11.8. The maximum atomic E-state index is 12.7. The molecule has 0 spiro atoms. The van der Waals surface area contributed by atoms with Gasteiger partial charge in [0.15, 0.2) is 5.69 Å². The van der Waals surface area contributed by atoms with Crippen LogP contribution in [0, 0.1) is 22.7 Å². The molecule has 0 unspecified atom stereocenters. The predicted molar refractivity (Wildman–Crippen MR) is 77.9 cm³/mol. The minimum absolute atomic E-state index is 0.00874. The topological polar surface area (TPSA) is 65.4 Å². The third-order valence-corrected chi connectivity index (χ3v) is 3.34. The number of hydrogen-bond donors (Lipinski definition) is 0. The van der Waals surface area contributed by atoms with E-state index in [0.717, 1.165) is 22.9 Å². The van der Waals surface area contributed by atoms with Gasteiger partial charge in [-0.25, -0.2) is 4.68 Å². The second kappa shape index (κ2) is 6.33. The van der Waals surface area contributed by atoms with Crippen molar-refractivity contribution in [1.82, 2.24) is 9.78 Å². The summed E-state index contributed by atoms with van der Waals surface area (Å²) in [4.78, 5) is 0. The van der Waals surface area contributed by atoms with Crippen molar-refractivity contribution in [3.05, 3.63) is 51.3 Å². The summed E-state index contributed by atoms with van der Waals surface area (Å²) in [5.41, 5.74) is -0.701. The summed E-state index contributed by atoms with van der Waals surface area (Å²) in [6, 6.07) is 5.02. The molecule has 0 atom stereocenters. The van der Waals surface area contributed by atoms with Gasteiger partial charge >= 0.3 is 6.18 Å². The number of aromatic nitrogens is 2. The van der Waals surface area contributed by atoms with Gasteiger partial charge in [0.25, 0.3) is 0 Å². The van der Waals surface area contributed by atoms with Crippen molar-refractivity contribution in [2.24, 2.45) is 0 Å². The Hall–Kier alpha value is -2.48. The summed E-state index contributed by atoms with van der Waals surface area (Å²) in [5.74, 6) is 0. The SMILES string of the molecule is N#C/C=C/c1cn(-c2c(Cl)cc(C(F)(F)F)cc2Cl)nc1C#N. The van der Waals surface area contributed by atoms with Gasteiger partial charge in [0.05, 0.1) is 21.7 Å². The molecular weight excluding hydrogens is 352 g/mol. The molecule has 0 aliphatic heterocycles. The second-order valence-electron chi connectivity index (χ2n) is 4.24. The lowest BCUT2D eigenvalue weighted by molar-refractivity contribution is -0.137. The third-order valence-electron chi connectivity index (χ3n) is 2.76. The van der Waals surface area contributed by atoms with Gasteiger partial charge in [-0.2, -0.15) is 28.8 Å². The van der Waals surface area contributed by atoms with E-state index in [-0.39, 0.29) is 21.4 Å². The largest absolute Gasteiger partial charge is 0.416 e. The van der Waals surface area contributed by atoms with Gasteiger partial charge < -0.3 is 0 Å². The Bertz CT molecular complexity index is 847. The first-order valence-electron chi connectivity index (χ1n) is 5.90. The van der Waals surface area contributed by atoms with Crippen LogP contribution in [0.15, 0.2) is 24.4 Å². The fourth-order valence-corrected chi connectivity index (χ4v) is 2.45. The van der Waals surface area contributed by atoms with E-state index in [0.29, 0.717) is 5.56 Å². The molecule has 0 N–H and O–H groups in total. The van der Waals surface area contributed by atoms with Crippen LogP contribution in [0.5, 0.6) is 0 Å². The molecular formula is C14H5Cl2F3N4. The molecule has 0 saturated heterocycles. The second-order valence-corrected chi connectivity index (χ2v) is 5.05. The van der Waals surface area contributed by atoms with Gasteiger partial charge in [0.2, 0.25) is 0 Å². The molecule has 0 bridgehead atoms. The molecule has 9 heteroatoms. The standard InChI is InChI=1S/C14H5Cl2F3N4/c15-10-4-9(14(17,18)19)5-11(16)13(10)23-7-8(2-1-3-20)12(6-21)22-23/h1-2,4-5,7H/b2-1+. The van der Waals surface area contributed by atoms with Gasteiger partial charge in [-0.3, -0.25) is 0 Å². The molecule has 0 radical (unpaired) electrons. The molecule has 2 aromatic rings. The molecule has 1 aromatic heterocycles. The number of allylic oxidation sites excluding steroid dienone is 1. The van der Waals surface area contributed by atoms with E-state index < -0.39 is 11.7 Å². The van der Waals surface area contributed by atoms with Crippen LogP contribution in [0.4, 0.5) is 13.2 Å². The van der Waals surface area contributed by atoms with E-state index in [9.17, 15) is 13.2 Å². The predicted octanol–water partition coefficient (Wildman–Crippen LogP) is 4.61. The molecule has 4 nitrogen and oxygen atoms in total. The average molecular weight is 357 g/mol. The number of nitrogens with zero attached hydrogens (tertiary/aromatic N) is 4. The van der Waals surface area contributed by atoms with Crippen molar-refractivity contribution < 1.29 is 13.2 Å². The Morgan fingerprint density at radius 1 is 1.17 bits per heavy atom. The minimum Gasteiger partial charge on any atom is -0.236 e. The van der Waals surface area contributed by atoms with Crippen molar-refractivity contribution in [3.8, 4) is 17.8 Å².